The second kappa shape index (κ2) is 6.71. The van der Waals surface area contributed by atoms with E-state index in [4.69, 9.17) is 4.74 Å². The Labute approximate surface area is 151 Å². The zero-order chi connectivity index (χ0) is 16.6. The first-order valence-electron chi connectivity index (χ1n) is 9.64. The molecule has 3 nitrogen and oxygen atoms in total. The summed E-state index contributed by atoms with van der Waals surface area (Å²) in [5.74, 6) is 0.841. The summed E-state index contributed by atoms with van der Waals surface area (Å²) in [6.07, 6.45) is 8.20. The third kappa shape index (κ3) is 3.07. The third-order valence-electron chi connectivity index (χ3n) is 7.05. The van der Waals surface area contributed by atoms with Crippen molar-refractivity contribution < 1.29 is 4.74 Å². The van der Waals surface area contributed by atoms with Crippen LogP contribution in [0.3, 0.4) is 0 Å². The lowest BCUT2D eigenvalue weighted by molar-refractivity contribution is -0.0389. The average Bonchev–Trinajstić information content (AvgIpc) is 3.18. The largest absolute Gasteiger partial charge is 0.381 e. The number of hydrogen-bond acceptors (Lipinski definition) is 4. The highest BCUT2D eigenvalue weighted by molar-refractivity contribution is 7.10. The van der Waals surface area contributed by atoms with Gasteiger partial charge >= 0.3 is 0 Å². The number of rotatable bonds is 5. The maximum Gasteiger partial charge on any atom is 0.0549 e. The molecular formula is C20H32N2OS. The van der Waals surface area contributed by atoms with E-state index in [1.54, 1.807) is 4.88 Å². The first kappa shape index (κ1) is 17.0. The predicted molar refractivity (Wildman–Crippen MR) is 101 cm³/mol. The summed E-state index contributed by atoms with van der Waals surface area (Å²) in [7, 11) is 4.55. The van der Waals surface area contributed by atoms with Crippen molar-refractivity contribution in [2.75, 3.05) is 46.9 Å². The molecule has 0 unspecified atom stereocenters. The molecule has 4 heteroatoms. The SMILES string of the molecule is CN(C)C1(c2cccs2)CCC2(CCN(CCC3COC3)C2)CC1. The molecule has 1 spiro atoms. The van der Waals surface area contributed by atoms with E-state index in [1.165, 1.54) is 58.2 Å². The Morgan fingerprint density at radius 2 is 2.00 bits per heavy atom. The fraction of sp³-hybridized carbons (Fsp3) is 0.800. The number of likely N-dealkylation sites (tertiary alicyclic amines) is 1. The van der Waals surface area contributed by atoms with Crippen molar-refractivity contribution in [2.24, 2.45) is 11.3 Å². The molecule has 1 saturated carbocycles. The molecule has 4 rings (SSSR count). The number of nitrogens with zero attached hydrogens (tertiary/aromatic N) is 2. The highest BCUT2D eigenvalue weighted by Gasteiger charge is 2.47. The zero-order valence-corrected chi connectivity index (χ0v) is 16.1. The van der Waals surface area contributed by atoms with Crippen molar-refractivity contribution in [3.05, 3.63) is 22.4 Å². The van der Waals surface area contributed by atoms with Crippen LogP contribution >= 0.6 is 11.3 Å². The van der Waals surface area contributed by atoms with Crippen molar-refractivity contribution in [3.63, 3.8) is 0 Å². The second-order valence-electron chi connectivity index (χ2n) is 8.62. The van der Waals surface area contributed by atoms with Crippen LogP contribution in [0.4, 0.5) is 0 Å². The minimum atomic E-state index is 0.288. The molecule has 0 amide bonds. The maximum atomic E-state index is 5.32. The van der Waals surface area contributed by atoms with Gasteiger partial charge in [-0.25, -0.2) is 0 Å². The molecule has 1 aromatic rings. The summed E-state index contributed by atoms with van der Waals surface area (Å²) in [6, 6.07) is 4.57. The van der Waals surface area contributed by atoms with E-state index in [0.717, 1.165) is 19.1 Å². The van der Waals surface area contributed by atoms with Crippen LogP contribution in [-0.4, -0.2) is 56.7 Å². The van der Waals surface area contributed by atoms with Crippen LogP contribution in [-0.2, 0) is 10.3 Å². The Hall–Kier alpha value is -0.420. The quantitative estimate of drug-likeness (QED) is 0.805. The van der Waals surface area contributed by atoms with Gasteiger partial charge in [0.15, 0.2) is 0 Å². The Balaban J connectivity index is 1.36. The van der Waals surface area contributed by atoms with Gasteiger partial charge in [-0.05, 0) is 82.6 Å². The molecule has 0 radical (unpaired) electrons. The van der Waals surface area contributed by atoms with Gasteiger partial charge in [0.1, 0.15) is 0 Å². The third-order valence-corrected chi connectivity index (χ3v) is 8.11. The molecular weight excluding hydrogens is 316 g/mol. The average molecular weight is 349 g/mol. The van der Waals surface area contributed by atoms with Gasteiger partial charge in [-0.15, -0.1) is 11.3 Å². The lowest BCUT2D eigenvalue weighted by Crippen LogP contribution is -2.47. The molecule has 24 heavy (non-hydrogen) atoms. The highest BCUT2D eigenvalue weighted by Crippen LogP contribution is 2.52. The van der Waals surface area contributed by atoms with Crippen molar-refractivity contribution in [1.82, 2.24) is 9.80 Å². The fourth-order valence-electron chi connectivity index (χ4n) is 5.09. The molecule has 2 aliphatic heterocycles. The Morgan fingerprint density at radius 1 is 1.21 bits per heavy atom. The van der Waals surface area contributed by atoms with E-state index in [-0.39, 0.29) is 5.54 Å². The van der Waals surface area contributed by atoms with Crippen LogP contribution in [0.5, 0.6) is 0 Å². The standard InChI is InChI=1S/C20H32N2OS/c1-21(2)20(18-4-3-13-24-18)8-6-19(7-9-20)10-12-22(16-19)11-5-17-14-23-15-17/h3-4,13,17H,5-12,14-16H2,1-2H3. The molecule has 0 aromatic carbocycles. The van der Waals surface area contributed by atoms with Gasteiger partial charge in [0.25, 0.3) is 0 Å². The minimum absolute atomic E-state index is 0.288. The van der Waals surface area contributed by atoms with Crippen LogP contribution in [0.1, 0.15) is 43.4 Å². The summed E-state index contributed by atoms with van der Waals surface area (Å²) in [4.78, 5) is 6.81. The molecule has 3 fully saturated rings. The molecule has 0 N–H and O–H groups in total. The second-order valence-corrected chi connectivity index (χ2v) is 9.57. The number of ether oxygens (including phenoxy) is 1. The number of hydrogen-bond donors (Lipinski definition) is 0. The van der Waals surface area contributed by atoms with E-state index >= 15 is 0 Å². The Morgan fingerprint density at radius 3 is 2.58 bits per heavy atom. The van der Waals surface area contributed by atoms with Crippen LogP contribution in [0, 0.1) is 11.3 Å². The van der Waals surface area contributed by atoms with E-state index in [9.17, 15) is 0 Å². The van der Waals surface area contributed by atoms with E-state index in [2.05, 4.69) is 41.4 Å². The molecule has 0 atom stereocenters. The van der Waals surface area contributed by atoms with E-state index in [0.29, 0.717) is 5.41 Å². The van der Waals surface area contributed by atoms with Crippen LogP contribution < -0.4 is 0 Å². The molecule has 0 bridgehead atoms. The monoisotopic (exact) mass is 348 g/mol. The van der Waals surface area contributed by atoms with Gasteiger partial charge in [-0.2, -0.15) is 0 Å². The first-order valence-corrected chi connectivity index (χ1v) is 10.5. The normalized spacial score (nSPS) is 35.0. The summed E-state index contributed by atoms with van der Waals surface area (Å²) < 4.78 is 5.32. The smallest absolute Gasteiger partial charge is 0.0549 e. The van der Waals surface area contributed by atoms with Crippen LogP contribution in [0.15, 0.2) is 17.5 Å². The molecule has 3 aliphatic rings. The topological polar surface area (TPSA) is 15.7 Å². The lowest BCUT2D eigenvalue weighted by Gasteiger charge is -2.48. The Bertz CT molecular complexity index is 530. The van der Waals surface area contributed by atoms with Crippen molar-refractivity contribution >= 4 is 11.3 Å². The molecule has 2 saturated heterocycles. The summed E-state index contributed by atoms with van der Waals surface area (Å²) >= 11 is 1.94. The van der Waals surface area contributed by atoms with E-state index in [1.807, 2.05) is 11.3 Å². The minimum Gasteiger partial charge on any atom is -0.381 e. The van der Waals surface area contributed by atoms with Gasteiger partial charge in [0.2, 0.25) is 0 Å². The van der Waals surface area contributed by atoms with E-state index < -0.39 is 0 Å². The van der Waals surface area contributed by atoms with Crippen molar-refractivity contribution in [2.45, 2.75) is 44.1 Å². The van der Waals surface area contributed by atoms with Crippen LogP contribution in [0.2, 0.25) is 0 Å². The molecule has 1 aliphatic carbocycles. The molecule has 1 aromatic heterocycles. The maximum absolute atomic E-state index is 5.32. The van der Waals surface area contributed by atoms with Crippen molar-refractivity contribution in [3.8, 4) is 0 Å². The van der Waals surface area contributed by atoms with Gasteiger partial charge < -0.3 is 9.64 Å². The van der Waals surface area contributed by atoms with Gasteiger partial charge in [-0.3, -0.25) is 4.90 Å². The van der Waals surface area contributed by atoms with Crippen LogP contribution in [0.25, 0.3) is 0 Å². The van der Waals surface area contributed by atoms with Gasteiger partial charge in [-0.1, -0.05) is 6.07 Å². The molecule has 134 valence electrons. The van der Waals surface area contributed by atoms with Gasteiger partial charge in [0.05, 0.1) is 18.8 Å². The molecule has 3 heterocycles. The lowest BCUT2D eigenvalue weighted by atomic mass is 9.66. The summed E-state index contributed by atoms with van der Waals surface area (Å²) in [5, 5.41) is 2.24. The number of thiophene rings is 1. The van der Waals surface area contributed by atoms with Crippen molar-refractivity contribution in [1.29, 1.82) is 0 Å². The fourth-order valence-corrected chi connectivity index (χ4v) is 6.16. The summed E-state index contributed by atoms with van der Waals surface area (Å²) in [6.45, 7) is 5.96. The Kier molecular flexibility index (Phi) is 4.76. The predicted octanol–water partition coefficient (Wildman–Crippen LogP) is 3.81. The van der Waals surface area contributed by atoms with Gasteiger partial charge in [0, 0.05) is 17.3 Å². The summed E-state index contributed by atoms with van der Waals surface area (Å²) in [5.41, 5.74) is 0.892. The first-order chi connectivity index (χ1) is 11.6. The zero-order valence-electron chi connectivity index (χ0n) is 15.3. The highest BCUT2D eigenvalue weighted by atomic mass is 32.1.